The Labute approximate surface area is 208 Å². The summed E-state index contributed by atoms with van der Waals surface area (Å²) in [5.41, 5.74) is 2.45. The summed E-state index contributed by atoms with van der Waals surface area (Å²) < 4.78 is 0. The average molecular weight is 499 g/mol. The van der Waals surface area contributed by atoms with E-state index >= 15 is 0 Å². The molecule has 0 N–H and O–H groups in total. The number of carbonyl (C=O) groups excluding carboxylic acids is 4. The summed E-state index contributed by atoms with van der Waals surface area (Å²) in [5, 5.41) is 2.23. The predicted octanol–water partition coefficient (Wildman–Crippen LogP) is 5.05. The maximum atomic E-state index is 13.6. The number of ketones is 1. The normalized spacial score (nSPS) is 21.6. The van der Waals surface area contributed by atoms with Crippen LogP contribution < -0.4 is 0 Å². The molecule has 1 aliphatic carbocycles. The van der Waals surface area contributed by atoms with Crippen LogP contribution >= 0.6 is 23.2 Å². The summed E-state index contributed by atoms with van der Waals surface area (Å²) in [6, 6.07) is 9.50. The molecular formula is C26H24Cl2N2O4. The van der Waals surface area contributed by atoms with Crippen LogP contribution in [0.3, 0.4) is 0 Å². The number of rotatable bonds is 5. The van der Waals surface area contributed by atoms with Crippen LogP contribution in [0.2, 0.25) is 10.0 Å². The van der Waals surface area contributed by atoms with Crippen molar-refractivity contribution in [3.63, 3.8) is 0 Å². The first-order valence-electron chi connectivity index (χ1n) is 11.0. The van der Waals surface area contributed by atoms with Crippen molar-refractivity contribution in [2.75, 3.05) is 6.54 Å². The fourth-order valence-corrected chi connectivity index (χ4v) is 4.82. The predicted molar refractivity (Wildman–Crippen MR) is 129 cm³/mol. The Morgan fingerprint density at radius 2 is 1.68 bits per heavy atom. The summed E-state index contributed by atoms with van der Waals surface area (Å²) in [7, 11) is 0. The SMILES string of the molecule is Cc1ccc(C(=O)CN(C(=O)c2ccc(Cl)c(Cl)c2)N2C(=O)[C@@H]3[C@@H](C)C=CC[C@H]3C2=O)cc1C. The molecule has 4 rings (SSSR count). The third kappa shape index (κ3) is 4.28. The highest BCUT2D eigenvalue weighted by molar-refractivity contribution is 6.42. The Kier molecular flexibility index (Phi) is 6.65. The molecule has 1 saturated heterocycles. The molecule has 6 nitrogen and oxygen atoms in total. The number of hydrogen-bond acceptors (Lipinski definition) is 4. The lowest BCUT2D eigenvalue weighted by Crippen LogP contribution is -2.52. The van der Waals surface area contributed by atoms with Gasteiger partial charge in [0.1, 0.15) is 6.54 Å². The number of imide groups is 1. The smallest absolute Gasteiger partial charge is 0.273 e. The average Bonchev–Trinajstić information content (AvgIpc) is 3.06. The van der Waals surface area contributed by atoms with Crippen LogP contribution in [-0.2, 0) is 9.59 Å². The minimum Gasteiger partial charge on any atom is -0.292 e. The van der Waals surface area contributed by atoms with Gasteiger partial charge in [0.2, 0.25) is 0 Å². The van der Waals surface area contributed by atoms with E-state index in [1.165, 1.54) is 18.2 Å². The minimum atomic E-state index is -0.684. The molecule has 3 atom stereocenters. The molecule has 2 aromatic rings. The van der Waals surface area contributed by atoms with Crippen LogP contribution in [0.5, 0.6) is 0 Å². The lowest BCUT2D eigenvalue weighted by Gasteiger charge is -2.30. The van der Waals surface area contributed by atoms with E-state index in [-0.39, 0.29) is 21.5 Å². The first-order chi connectivity index (χ1) is 16.1. The quantitative estimate of drug-likeness (QED) is 0.328. The van der Waals surface area contributed by atoms with E-state index in [1.54, 1.807) is 12.1 Å². The molecule has 3 amide bonds. The molecule has 1 heterocycles. The van der Waals surface area contributed by atoms with Crippen LogP contribution in [0.1, 0.15) is 45.2 Å². The van der Waals surface area contributed by atoms with Gasteiger partial charge in [-0.15, -0.1) is 0 Å². The summed E-state index contributed by atoms with van der Waals surface area (Å²) in [6.45, 7) is 5.22. The van der Waals surface area contributed by atoms with Crippen molar-refractivity contribution in [1.29, 1.82) is 0 Å². The van der Waals surface area contributed by atoms with Crippen molar-refractivity contribution in [2.24, 2.45) is 17.8 Å². The second kappa shape index (κ2) is 9.35. The molecule has 8 heteroatoms. The zero-order valence-electron chi connectivity index (χ0n) is 19.0. The summed E-state index contributed by atoms with van der Waals surface area (Å²) >= 11 is 12.1. The van der Waals surface area contributed by atoms with E-state index < -0.39 is 41.9 Å². The first-order valence-corrected chi connectivity index (χ1v) is 11.8. The van der Waals surface area contributed by atoms with Gasteiger partial charge in [0.25, 0.3) is 17.7 Å². The Balaban J connectivity index is 1.73. The number of allylic oxidation sites excluding steroid dienone is 2. The molecular weight excluding hydrogens is 475 g/mol. The van der Waals surface area contributed by atoms with Crippen LogP contribution in [0.4, 0.5) is 0 Å². The maximum Gasteiger partial charge on any atom is 0.273 e. The molecule has 1 aliphatic heterocycles. The van der Waals surface area contributed by atoms with Gasteiger partial charge >= 0.3 is 0 Å². The third-order valence-electron chi connectivity index (χ3n) is 6.61. The Bertz CT molecular complexity index is 1240. The number of amides is 3. The van der Waals surface area contributed by atoms with Gasteiger partial charge in [-0.25, -0.2) is 5.01 Å². The largest absolute Gasteiger partial charge is 0.292 e. The summed E-state index contributed by atoms with van der Waals surface area (Å²) in [6.07, 6.45) is 4.20. The lowest BCUT2D eigenvalue weighted by atomic mass is 9.78. The van der Waals surface area contributed by atoms with E-state index in [1.807, 2.05) is 39.0 Å². The Hall–Kier alpha value is -2.96. The molecule has 2 aliphatic rings. The molecule has 0 radical (unpaired) electrons. The topological polar surface area (TPSA) is 74.8 Å². The van der Waals surface area contributed by atoms with Gasteiger partial charge in [-0.2, -0.15) is 5.01 Å². The molecule has 1 fully saturated rings. The van der Waals surface area contributed by atoms with E-state index in [0.29, 0.717) is 12.0 Å². The number of carbonyl (C=O) groups is 4. The van der Waals surface area contributed by atoms with Crippen molar-refractivity contribution in [2.45, 2.75) is 27.2 Å². The number of hydrazine groups is 1. The number of Topliss-reactive ketones (excluding diaryl/α,β-unsaturated/α-hetero) is 1. The molecule has 176 valence electrons. The number of benzene rings is 2. The van der Waals surface area contributed by atoms with E-state index in [4.69, 9.17) is 23.2 Å². The van der Waals surface area contributed by atoms with Crippen LogP contribution in [-0.4, -0.2) is 40.1 Å². The van der Waals surface area contributed by atoms with Crippen molar-refractivity contribution < 1.29 is 19.2 Å². The van der Waals surface area contributed by atoms with Crippen molar-refractivity contribution in [3.05, 3.63) is 80.8 Å². The highest BCUT2D eigenvalue weighted by Crippen LogP contribution is 2.39. The van der Waals surface area contributed by atoms with Crippen molar-refractivity contribution >= 4 is 46.7 Å². The minimum absolute atomic E-state index is 0.115. The number of fused-ring (bicyclic) bond motifs is 1. The Morgan fingerprint density at radius 3 is 2.32 bits per heavy atom. The number of halogens is 2. The van der Waals surface area contributed by atoms with Gasteiger partial charge < -0.3 is 0 Å². The molecule has 34 heavy (non-hydrogen) atoms. The summed E-state index contributed by atoms with van der Waals surface area (Å²) in [5.74, 6) is -3.32. The molecule has 2 aromatic carbocycles. The van der Waals surface area contributed by atoms with Gasteiger partial charge in [0.05, 0.1) is 21.9 Å². The summed E-state index contributed by atoms with van der Waals surface area (Å²) in [4.78, 5) is 53.5. The second-order valence-electron chi connectivity index (χ2n) is 8.86. The molecule has 0 aromatic heterocycles. The Morgan fingerprint density at radius 1 is 0.971 bits per heavy atom. The highest BCUT2D eigenvalue weighted by atomic mass is 35.5. The molecule has 0 spiro atoms. The van der Waals surface area contributed by atoms with Crippen LogP contribution in [0, 0.1) is 31.6 Å². The second-order valence-corrected chi connectivity index (χ2v) is 9.67. The van der Waals surface area contributed by atoms with E-state index in [2.05, 4.69) is 0 Å². The lowest BCUT2D eigenvalue weighted by molar-refractivity contribution is -0.154. The van der Waals surface area contributed by atoms with E-state index in [9.17, 15) is 19.2 Å². The number of aryl methyl sites for hydroxylation is 2. The number of hydrogen-bond donors (Lipinski definition) is 0. The van der Waals surface area contributed by atoms with E-state index in [0.717, 1.165) is 21.1 Å². The maximum absolute atomic E-state index is 13.6. The van der Waals surface area contributed by atoms with Gasteiger partial charge in [-0.1, -0.05) is 54.4 Å². The molecule has 0 saturated carbocycles. The van der Waals surface area contributed by atoms with Crippen molar-refractivity contribution in [3.8, 4) is 0 Å². The van der Waals surface area contributed by atoms with Gasteiger partial charge in [0, 0.05) is 11.1 Å². The standard InChI is InChI=1S/C26H24Cl2N2O4/c1-14-7-8-17(11-16(14)3)22(31)13-29(24(32)18-9-10-20(27)21(28)12-18)30-25(33)19-6-4-5-15(2)23(19)26(30)34/h4-5,7-12,15,19,23H,6,13H2,1-3H3/t15-,19+,23+/m0/s1. The zero-order valence-corrected chi connectivity index (χ0v) is 20.6. The van der Waals surface area contributed by atoms with Crippen LogP contribution in [0.25, 0.3) is 0 Å². The van der Waals surface area contributed by atoms with Crippen molar-refractivity contribution in [1.82, 2.24) is 10.0 Å². The fourth-order valence-electron chi connectivity index (χ4n) is 4.52. The van der Waals surface area contributed by atoms with Gasteiger partial charge in [-0.05, 0) is 61.6 Å². The highest BCUT2D eigenvalue weighted by Gasteiger charge is 2.53. The number of nitrogens with zero attached hydrogens (tertiary/aromatic N) is 2. The fraction of sp³-hybridized carbons (Fsp3) is 0.308. The molecule has 0 unspecified atom stereocenters. The monoisotopic (exact) mass is 498 g/mol. The first kappa shape index (κ1) is 24.2. The van der Waals surface area contributed by atoms with Gasteiger partial charge in [0.15, 0.2) is 5.78 Å². The van der Waals surface area contributed by atoms with Crippen LogP contribution in [0.15, 0.2) is 48.6 Å². The molecule has 0 bridgehead atoms. The third-order valence-corrected chi connectivity index (χ3v) is 7.35. The zero-order chi connectivity index (χ0) is 24.7. The van der Waals surface area contributed by atoms with Gasteiger partial charge in [-0.3, -0.25) is 19.2 Å².